The van der Waals surface area contributed by atoms with Crippen molar-refractivity contribution in [3.8, 4) is 5.69 Å². The van der Waals surface area contributed by atoms with Gasteiger partial charge in [0.05, 0.1) is 17.8 Å². The van der Waals surface area contributed by atoms with Crippen LogP contribution < -0.4 is 10.8 Å². The number of aliphatic imine (C=N–C) groups is 1. The Labute approximate surface area is 184 Å². The van der Waals surface area contributed by atoms with Crippen molar-refractivity contribution in [2.24, 2.45) is 4.99 Å². The maximum absolute atomic E-state index is 12.4. The molecule has 1 amide bonds. The Kier molecular flexibility index (Phi) is 5.91. The lowest BCUT2D eigenvalue weighted by molar-refractivity contribution is -0.121. The Balaban J connectivity index is 1.97. The van der Waals surface area contributed by atoms with Gasteiger partial charge in [0.2, 0.25) is 5.91 Å². The van der Waals surface area contributed by atoms with E-state index in [0.717, 1.165) is 11.3 Å². The minimum Gasteiger partial charge on any atom is -0.423 e. The summed E-state index contributed by atoms with van der Waals surface area (Å²) in [6.45, 7) is 4.20. The molecule has 0 radical (unpaired) electrons. The first-order chi connectivity index (χ1) is 14.9. The normalized spacial score (nSPS) is 14.9. The van der Waals surface area contributed by atoms with Crippen LogP contribution in [0.4, 0.5) is 0 Å². The number of rotatable bonds is 5. The third-order valence-electron chi connectivity index (χ3n) is 5.12. The number of aromatic nitrogens is 3. The van der Waals surface area contributed by atoms with E-state index in [1.54, 1.807) is 30.3 Å². The molecule has 3 N–H and O–H groups in total. The number of halogens is 1. The van der Waals surface area contributed by atoms with Gasteiger partial charge in [-0.3, -0.25) is 14.4 Å². The Morgan fingerprint density at radius 2 is 1.94 bits per heavy atom. The van der Waals surface area contributed by atoms with Gasteiger partial charge >= 0.3 is 7.12 Å². The Morgan fingerprint density at radius 1 is 1.19 bits per heavy atom. The zero-order chi connectivity index (χ0) is 22.1. The minimum atomic E-state index is -1.63. The Morgan fingerprint density at radius 3 is 2.61 bits per heavy atom. The van der Waals surface area contributed by atoms with Crippen LogP contribution in [-0.2, 0) is 4.79 Å². The van der Waals surface area contributed by atoms with E-state index >= 15 is 0 Å². The van der Waals surface area contributed by atoms with Gasteiger partial charge in [-0.25, -0.2) is 0 Å². The molecule has 1 atom stereocenters. The molecule has 2 heterocycles. The van der Waals surface area contributed by atoms with Crippen LogP contribution in [0.2, 0.25) is 5.02 Å². The van der Waals surface area contributed by atoms with E-state index in [4.69, 9.17) is 16.6 Å². The standard InChI is InChI=1S/C21H21BClN5O3/c1-3-24-19(29)11-17-21-27-26-12(2)28(21)18-9-6-14(22(30)31)10-16(18)20(25-17)13-4-7-15(23)8-5-13/h4-10,17,30-31H,3,11H2,1-2H3,(H,24,29)/t17-/m0/s1. The van der Waals surface area contributed by atoms with Crippen molar-refractivity contribution < 1.29 is 14.8 Å². The van der Waals surface area contributed by atoms with Crippen molar-refractivity contribution in [1.29, 1.82) is 0 Å². The summed E-state index contributed by atoms with van der Waals surface area (Å²) in [5.74, 6) is 1.05. The summed E-state index contributed by atoms with van der Waals surface area (Å²) in [5.41, 5.74) is 3.14. The first-order valence-electron chi connectivity index (χ1n) is 9.92. The second-order valence-electron chi connectivity index (χ2n) is 7.25. The van der Waals surface area contributed by atoms with Crippen LogP contribution in [0.1, 0.15) is 42.2 Å². The molecule has 8 nitrogen and oxygen atoms in total. The average Bonchev–Trinajstić information content (AvgIpc) is 3.06. The summed E-state index contributed by atoms with van der Waals surface area (Å²) in [5, 5.41) is 31.4. The van der Waals surface area contributed by atoms with E-state index in [-0.39, 0.29) is 12.3 Å². The third-order valence-corrected chi connectivity index (χ3v) is 5.37. The number of amides is 1. The van der Waals surface area contributed by atoms with Gasteiger partial charge in [0.15, 0.2) is 5.82 Å². The molecule has 0 saturated heterocycles. The van der Waals surface area contributed by atoms with Crippen molar-refractivity contribution in [3.05, 3.63) is 70.3 Å². The molecule has 31 heavy (non-hydrogen) atoms. The van der Waals surface area contributed by atoms with E-state index in [9.17, 15) is 14.8 Å². The number of hydrogen-bond donors (Lipinski definition) is 3. The van der Waals surface area contributed by atoms with Crippen molar-refractivity contribution in [2.75, 3.05) is 6.54 Å². The lowest BCUT2D eigenvalue weighted by Gasteiger charge is -2.14. The number of nitrogens with zero attached hydrogens (tertiary/aromatic N) is 4. The van der Waals surface area contributed by atoms with Gasteiger partial charge in [0.25, 0.3) is 0 Å². The molecule has 0 saturated carbocycles. The number of fused-ring (bicyclic) bond motifs is 3. The van der Waals surface area contributed by atoms with Gasteiger partial charge in [0, 0.05) is 22.7 Å². The SMILES string of the molecule is CCNC(=O)C[C@@H]1N=C(c2ccc(Cl)cc2)c2cc(B(O)O)ccc2-n2c(C)nnc21. The van der Waals surface area contributed by atoms with Gasteiger partial charge < -0.3 is 15.4 Å². The fourth-order valence-electron chi connectivity index (χ4n) is 3.69. The second kappa shape index (κ2) is 8.62. The van der Waals surface area contributed by atoms with E-state index in [2.05, 4.69) is 15.5 Å². The molecule has 1 aromatic heterocycles. The molecule has 158 valence electrons. The topological polar surface area (TPSA) is 113 Å². The molecule has 4 rings (SSSR count). The van der Waals surface area contributed by atoms with Crippen LogP contribution in [0.3, 0.4) is 0 Å². The smallest absolute Gasteiger partial charge is 0.423 e. The molecule has 10 heteroatoms. The van der Waals surface area contributed by atoms with Crippen LogP contribution in [0, 0.1) is 6.92 Å². The molecule has 0 unspecified atom stereocenters. The maximum Gasteiger partial charge on any atom is 0.488 e. The minimum absolute atomic E-state index is 0.104. The summed E-state index contributed by atoms with van der Waals surface area (Å²) in [7, 11) is -1.63. The average molecular weight is 438 g/mol. The van der Waals surface area contributed by atoms with E-state index in [0.29, 0.717) is 40.0 Å². The number of benzene rings is 2. The van der Waals surface area contributed by atoms with Crippen LogP contribution in [0.15, 0.2) is 47.5 Å². The van der Waals surface area contributed by atoms with Crippen LogP contribution in [0.5, 0.6) is 0 Å². The zero-order valence-corrected chi connectivity index (χ0v) is 17.8. The fourth-order valence-corrected chi connectivity index (χ4v) is 3.82. The van der Waals surface area contributed by atoms with Crippen molar-refractivity contribution >= 4 is 35.8 Å². The molecule has 1 aliphatic heterocycles. The largest absolute Gasteiger partial charge is 0.488 e. The van der Waals surface area contributed by atoms with Crippen LogP contribution in [-0.4, -0.2) is 50.1 Å². The van der Waals surface area contributed by atoms with Gasteiger partial charge in [-0.1, -0.05) is 35.9 Å². The molecule has 0 bridgehead atoms. The summed E-state index contributed by atoms with van der Waals surface area (Å²) < 4.78 is 1.86. The van der Waals surface area contributed by atoms with Gasteiger partial charge in [-0.2, -0.15) is 0 Å². The third kappa shape index (κ3) is 4.12. The van der Waals surface area contributed by atoms with Gasteiger partial charge in [0.1, 0.15) is 11.9 Å². The van der Waals surface area contributed by atoms with E-state index in [1.807, 2.05) is 30.5 Å². The highest BCUT2D eigenvalue weighted by Gasteiger charge is 2.30. The van der Waals surface area contributed by atoms with Gasteiger partial charge in [-0.05, 0) is 37.5 Å². The molecular formula is C21H21BClN5O3. The number of nitrogens with one attached hydrogen (secondary N) is 1. The Hall–Kier alpha value is -3.01. The second-order valence-corrected chi connectivity index (χ2v) is 7.69. The fraction of sp³-hybridized carbons (Fsp3) is 0.238. The molecule has 0 fully saturated rings. The lowest BCUT2D eigenvalue weighted by Crippen LogP contribution is -2.31. The van der Waals surface area contributed by atoms with Crippen molar-refractivity contribution in [2.45, 2.75) is 26.3 Å². The number of aryl methyl sites for hydroxylation is 1. The number of carbonyl (C=O) groups excluding carboxylic acids is 1. The van der Waals surface area contributed by atoms with Crippen LogP contribution >= 0.6 is 11.6 Å². The maximum atomic E-state index is 12.4. The van der Waals surface area contributed by atoms with E-state index < -0.39 is 13.2 Å². The molecule has 2 aromatic carbocycles. The van der Waals surface area contributed by atoms with Crippen molar-refractivity contribution in [3.63, 3.8) is 0 Å². The van der Waals surface area contributed by atoms with Crippen molar-refractivity contribution in [1.82, 2.24) is 20.1 Å². The summed E-state index contributed by atoms with van der Waals surface area (Å²) in [6, 6.07) is 11.7. The first kappa shape index (κ1) is 21.2. The predicted molar refractivity (Wildman–Crippen MR) is 119 cm³/mol. The molecule has 3 aromatic rings. The van der Waals surface area contributed by atoms with E-state index in [1.165, 1.54) is 0 Å². The summed E-state index contributed by atoms with van der Waals surface area (Å²) >= 11 is 6.08. The highest BCUT2D eigenvalue weighted by atomic mass is 35.5. The quantitative estimate of drug-likeness (QED) is 0.521. The highest BCUT2D eigenvalue weighted by Crippen LogP contribution is 2.32. The monoisotopic (exact) mass is 437 g/mol. The first-order valence-corrected chi connectivity index (χ1v) is 10.3. The van der Waals surface area contributed by atoms with Crippen LogP contribution in [0.25, 0.3) is 5.69 Å². The highest BCUT2D eigenvalue weighted by molar-refractivity contribution is 6.58. The summed E-state index contributed by atoms with van der Waals surface area (Å²) in [6.07, 6.45) is 0.104. The molecule has 0 aliphatic carbocycles. The molecule has 1 aliphatic rings. The van der Waals surface area contributed by atoms with Gasteiger partial charge in [-0.15, -0.1) is 10.2 Å². The number of hydrogen-bond acceptors (Lipinski definition) is 6. The molecular weight excluding hydrogens is 417 g/mol. The zero-order valence-electron chi connectivity index (χ0n) is 17.1. The number of carbonyl (C=O) groups is 1. The lowest BCUT2D eigenvalue weighted by atomic mass is 9.78. The Bertz CT molecular complexity index is 1160. The summed E-state index contributed by atoms with van der Waals surface area (Å²) in [4.78, 5) is 17.3. The predicted octanol–water partition coefficient (Wildman–Crippen LogP) is 1.33. The molecule has 0 spiro atoms.